The monoisotopic (exact) mass is 656 g/mol. The maximum atomic E-state index is 13.1. The Labute approximate surface area is 280 Å². The van der Waals surface area contributed by atoms with Gasteiger partial charge in [-0.05, 0) is 53.9 Å². The number of nitrogens with one attached hydrogen (secondary N) is 2. The number of piperidine rings is 1. The first kappa shape index (κ1) is 31.4. The first-order valence-electron chi connectivity index (χ1n) is 16.0. The fraction of sp³-hybridized carbons (Fsp3) is 0.216. The van der Waals surface area contributed by atoms with E-state index in [1.165, 1.54) is 18.2 Å². The molecule has 7 rings (SSSR count). The van der Waals surface area contributed by atoms with Gasteiger partial charge in [0.05, 0.1) is 16.6 Å². The van der Waals surface area contributed by atoms with E-state index in [0.29, 0.717) is 19.6 Å². The van der Waals surface area contributed by atoms with Gasteiger partial charge >= 0.3 is 0 Å². The lowest BCUT2D eigenvalue weighted by Crippen LogP contribution is -2.54. The number of carbonyl (C=O) groups is 6. The standard InChI is InChI=1S/C37H32N6O6/c1-22(44)41(17-18-42-30-7-3-2-5-26(30)27-6-4-16-38-33(27)42)21-24-10-8-23(9-11-24)20-39-34(46)25-12-13-28-29(19-25)37(49)43(36(28)48)31-14-15-32(45)40-35(31)47/h2-13,16,19,31H,14-15,17-18,20-21H2,1H3,(H,39,46)(H,40,45,47). The summed E-state index contributed by atoms with van der Waals surface area (Å²) in [6, 6.07) is 22.9. The van der Waals surface area contributed by atoms with Gasteiger partial charge in [0.1, 0.15) is 11.7 Å². The number of nitrogens with zero attached hydrogens (tertiary/aromatic N) is 4. The molecular weight excluding hydrogens is 624 g/mol. The summed E-state index contributed by atoms with van der Waals surface area (Å²) in [5.41, 5.74) is 4.06. The number of imide groups is 2. The van der Waals surface area contributed by atoms with Crippen LogP contribution in [-0.4, -0.2) is 67.4 Å². The summed E-state index contributed by atoms with van der Waals surface area (Å²) in [5.74, 6) is -2.93. The van der Waals surface area contributed by atoms with E-state index in [1.807, 2.05) is 42.5 Å². The summed E-state index contributed by atoms with van der Waals surface area (Å²) in [5, 5.41) is 7.20. The first-order chi connectivity index (χ1) is 23.7. The van der Waals surface area contributed by atoms with Crippen LogP contribution in [0.3, 0.4) is 0 Å². The molecule has 2 N–H and O–H groups in total. The quantitative estimate of drug-likeness (QED) is 0.230. The van der Waals surface area contributed by atoms with Gasteiger partial charge in [-0.15, -0.1) is 0 Å². The molecule has 1 fully saturated rings. The minimum Gasteiger partial charge on any atom is -0.348 e. The number of benzene rings is 3. The van der Waals surface area contributed by atoms with Gasteiger partial charge in [0.2, 0.25) is 17.7 Å². The smallest absolute Gasteiger partial charge is 0.262 e. The average Bonchev–Trinajstić information content (AvgIpc) is 3.56. The third kappa shape index (κ3) is 5.93. The second kappa shape index (κ2) is 12.8. The lowest BCUT2D eigenvalue weighted by molar-refractivity contribution is -0.136. The van der Waals surface area contributed by atoms with Crippen molar-refractivity contribution in [2.45, 2.75) is 45.4 Å². The van der Waals surface area contributed by atoms with E-state index in [1.54, 1.807) is 18.0 Å². The molecule has 12 heteroatoms. The van der Waals surface area contributed by atoms with Gasteiger partial charge in [-0.1, -0.05) is 42.5 Å². The second-order valence-electron chi connectivity index (χ2n) is 12.2. The highest BCUT2D eigenvalue weighted by Crippen LogP contribution is 2.29. The van der Waals surface area contributed by atoms with E-state index in [0.717, 1.165) is 38.0 Å². The Kier molecular flexibility index (Phi) is 8.21. The van der Waals surface area contributed by atoms with Crippen molar-refractivity contribution < 1.29 is 28.8 Å². The van der Waals surface area contributed by atoms with Crippen LogP contribution in [0.15, 0.2) is 85.1 Å². The number of hydrogen-bond donors (Lipinski definition) is 2. The van der Waals surface area contributed by atoms with Gasteiger partial charge < -0.3 is 14.8 Å². The highest BCUT2D eigenvalue weighted by atomic mass is 16.2. The van der Waals surface area contributed by atoms with E-state index in [4.69, 9.17) is 0 Å². The molecule has 246 valence electrons. The van der Waals surface area contributed by atoms with Gasteiger partial charge in [-0.2, -0.15) is 0 Å². The first-order valence-corrected chi connectivity index (χ1v) is 16.0. The van der Waals surface area contributed by atoms with Crippen molar-refractivity contribution in [2.24, 2.45) is 0 Å². The molecule has 5 aromatic rings. The van der Waals surface area contributed by atoms with Crippen molar-refractivity contribution in [3.63, 3.8) is 0 Å². The average molecular weight is 657 g/mol. The fourth-order valence-corrected chi connectivity index (χ4v) is 6.55. The molecule has 0 spiro atoms. The topological polar surface area (TPSA) is 151 Å². The van der Waals surface area contributed by atoms with Gasteiger partial charge in [0.15, 0.2) is 0 Å². The molecule has 1 unspecified atom stereocenters. The predicted octanol–water partition coefficient (Wildman–Crippen LogP) is 3.57. The van der Waals surface area contributed by atoms with Crippen molar-refractivity contribution in [2.75, 3.05) is 6.54 Å². The molecule has 2 aromatic heterocycles. The number of pyridine rings is 1. The third-order valence-corrected chi connectivity index (χ3v) is 9.12. The molecule has 3 aromatic carbocycles. The Morgan fingerprint density at radius 2 is 1.63 bits per heavy atom. The van der Waals surface area contributed by atoms with Gasteiger partial charge in [0.25, 0.3) is 17.7 Å². The Morgan fingerprint density at radius 3 is 2.41 bits per heavy atom. The fourth-order valence-electron chi connectivity index (χ4n) is 6.55. The van der Waals surface area contributed by atoms with E-state index < -0.39 is 35.6 Å². The lowest BCUT2D eigenvalue weighted by atomic mass is 10.0. The Hall–Kier alpha value is -6.17. The molecule has 4 heterocycles. The number of rotatable bonds is 9. The van der Waals surface area contributed by atoms with E-state index >= 15 is 0 Å². The minimum atomic E-state index is -1.08. The number of aromatic nitrogens is 2. The SMILES string of the molecule is CC(=O)N(CCn1c2ccccc2c2cccnc21)Cc1ccc(CNC(=O)c2ccc3c(c2)C(=O)N(C2CCC(=O)NC2=O)C3=O)cc1. The van der Waals surface area contributed by atoms with Crippen LogP contribution in [0.25, 0.3) is 21.9 Å². The molecule has 2 aliphatic heterocycles. The molecule has 0 saturated carbocycles. The number of hydrogen-bond acceptors (Lipinski definition) is 7. The summed E-state index contributed by atoms with van der Waals surface area (Å²) in [4.78, 5) is 82.8. The van der Waals surface area contributed by atoms with Crippen LogP contribution in [0, 0.1) is 0 Å². The maximum absolute atomic E-state index is 13.1. The summed E-state index contributed by atoms with van der Waals surface area (Å²) in [6.45, 7) is 3.27. The zero-order valence-corrected chi connectivity index (χ0v) is 26.6. The molecule has 0 aliphatic carbocycles. The zero-order valence-electron chi connectivity index (χ0n) is 26.6. The lowest BCUT2D eigenvalue weighted by Gasteiger charge is -2.27. The van der Waals surface area contributed by atoms with Crippen molar-refractivity contribution in [3.8, 4) is 0 Å². The molecule has 6 amide bonds. The normalized spacial score (nSPS) is 15.9. The van der Waals surface area contributed by atoms with E-state index in [9.17, 15) is 28.8 Å². The van der Waals surface area contributed by atoms with Gasteiger partial charge in [-0.25, -0.2) is 4.98 Å². The molecule has 1 atom stereocenters. The highest BCUT2D eigenvalue weighted by Gasteiger charge is 2.44. The van der Waals surface area contributed by atoms with Crippen LogP contribution in [-0.2, 0) is 34.0 Å². The molecular formula is C37H32N6O6. The molecule has 1 saturated heterocycles. The summed E-state index contributed by atoms with van der Waals surface area (Å²) >= 11 is 0. The van der Waals surface area contributed by atoms with Crippen LogP contribution < -0.4 is 10.6 Å². The van der Waals surface area contributed by atoms with Crippen molar-refractivity contribution in [1.29, 1.82) is 0 Å². The molecule has 49 heavy (non-hydrogen) atoms. The van der Waals surface area contributed by atoms with Gasteiger partial charge in [0, 0.05) is 62.1 Å². The number of carbonyl (C=O) groups excluding carboxylic acids is 6. The van der Waals surface area contributed by atoms with E-state index in [2.05, 4.69) is 38.4 Å². The molecule has 0 bridgehead atoms. The zero-order chi connectivity index (χ0) is 34.2. The number of para-hydroxylation sites is 1. The van der Waals surface area contributed by atoms with Crippen molar-refractivity contribution in [3.05, 3.63) is 113 Å². The van der Waals surface area contributed by atoms with Crippen LogP contribution in [0.2, 0.25) is 0 Å². The molecule has 12 nitrogen and oxygen atoms in total. The highest BCUT2D eigenvalue weighted by molar-refractivity contribution is 6.24. The van der Waals surface area contributed by atoms with Crippen molar-refractivity contribution in [1.82, 2.24) is 30.0 Å². The Morgan fingerprint density at radius 1 is 0.898 bits per heavy atom. The molecule has 2 aliphatic rings. The maximum Gasteiger partial charge on any atom is 0.262 e. The third-order valence-electron chi connectivity index (χ3n) is 9.12. The predicted molar refractivity (Wildman–Crippen MR) is 179 cm³/mol. The largest absolute Gasteiger partial charge is 0.348 e. The summed E-state index contributed by atoms with van der Waals surface area (Å²) in [6.07, 6.45) is 1.85. The number of amides is 6. The van der Waals surface area contributed by atoms with Crippen molar-refractivity contribution >= 4 is 57.4 Å². The molecule has 0 radical (unpaired) electrons. The minimum absolute atomic E-state index is 0.0228. The summed E-state index contributed by atoms with van der Waals surface area (Å²) < 4.78 is 2.15. The van der Waals surface area contributed by atoms with Crippen LogP contribution >= 0.6 is 0 Å². The van der Waals surface area contributed by atoms with Crippen LogP contribution in [0.5, 0.6) is 0 Å². The summed E-state index contributed by atoms with van der Waals surface area (Å²) in [7, 11) is 0. The van der Waals surface area contributed by atoms with Crippen LogP contribution in [0.4, 0.5) is 0 Å². The Bertz CT molecular complexity index is 2140. The number of fused-ring (bicyclic) bond motifs is 4. The second-order valence-corrected chi connectivity index (χ2v) is 12.2. The van der Waals surface area contributed by atoms with Gasteiger partial charge in [-0.3, -0.25) is 39.0 Å². The Balaban J connectivity index is 0.972. The van der Waals surface area contributed by atoms with E-state index in [-0.39, 0.29) is 42.0 Å². The van der Waals surface area contributed by atoms with Crippen LogP contribution in [0.1, 0.15) is 62.0 Å².